The van der Waals surface area contributed by atoms with Crippen molar-refractivity contribution in [2.24, 2.45) is 5.92 Å². The van der Waals surface area contributed by atoms with E-state index in [2.05, 4.69) is 26.4 Å². The van der Waals surface area contributed by atoms with Crippen LogP contribution < -0.4 is 0 Å². The summed E-state index contributed by atoms with van der Waals surface area (Å²) < 4.78 is 9.43. The Morgan fingerprint density at radius 3 is 3.17 bits per heavy atom. The molecule has 0 spiro atoms. The third-order valence-corrected chi connectivity index (χ3v) is 3.85. The molecule has 2 unspecified atom stereocenters. The van der Waals surface area contributed by atoms with Crippen LogP contribution in [0.4, 0.5) is 0 Å². The summed E-state index contributed by atoms with van der Waals surface area (Å²) >= 11 is 5.20. The van der Waals surface area contributed by atoms with Crippen molar-refractivity contribution in [1.29, 1.82) is 0 Å². The van der Waals surface area contributed by atoms with Crippen LogP contribution in [0, 0.1) is 5.92 Å². The molecule has 2 heterocycles. The molecule has 4 heteroatoms. The molecule has 0 bridgehead atoms. The number of rotatable bonds is 2. The summed E-state index contributed by atoms with van der Waals surface area (Å²) in [6.07, 6.45) is 2.96. The number of ether oxygens (including phenoxy) is 1. The minimum absolute atomic E-state index is 0.527. The van der Waals surface area contributed by atoms with Crippen molar-refractivity contribution in [1.82, 2.24) is 4.37 Å². The van der Waals surface area contributed by atoms with E-state index in [1.807, 2.05) is 6.20 Å². The summed E-state index contributed by atoms with van der Waals surface area (Å²) in [7, 11) is 0. The molecular formula is C8H10BrNOS. The summed E-state index contributed by atoms with van der Waals surface area (Å²) in [6.45, 7) is 1.73. The number of halogens is 1. The van der Waals surface area contributed by atoms with Crippen molar-refractivity contribution in [2.75, 3.05) is 13.2 Å². The van der Waals surface area contributed by atoms with Crippen LogP contribution in [-0.2, 0) is 11.2 Å². The van der Waals surface area contributed by atoms with Crippen LogP contribution >= 0.6 is 27.5 Å². The first-order valence-electron chi connectivity index (χ1n) is 3.97. The maximum absolute atomic E-state index is 5.36. The molecule has 66 valence electrons. The molecule has 1 fully saturated rings. The van der Waals surface area contributed by atoms with E-state index in [4.69, 9.17) is 4.74 Å². The number of nitrogens with zero attached hydrogens (tertiary/aromatic N) is 1. The largest absolute Gasteiger partial charge is 0.380 e. The van der Waals surface area contributed by atoms with E-state index >= 15 is 0 Å². The van der Waals surface area contributed by atoms with Crippen LogP contribution in [-0.4, -0.2) is 22.4 Å². The van der Waals surface area contributed by atoms with Gasteiger partial charge >= 0.3 is 0 Å². The first-order chi connectivity index (χ1) is 5.86. The normalized spacial score (nSPS) is 29.4. The smallest absolute Gasteiger partial charge is 0.0595 e. The van der Waals surface area contributed by atoms with Gasteiger partial charge in [0.25, 0.3) is 0 Å². The third kappa shape index (κ3) is 1.87. The number of hydrogen-bond donors (Lipinski definition) is 0. The van der Waals surface area contributed by atoms with Gasteiger partial charge in [-0.2, -0.15) is 0 Å². The molecule has 0 aliphatic carbocycles. The molecule has 2 rings (SSSR count). The Balaban J connectivity index is 1.95. The van der Waals surface area contributed by atoms with E-state index in [9.17, 15) is 0 Å². The summed E-state index contributed by atoms with van der Waals surface area (Å²) in [5, 5.41) is 0. The second-order valence-corrected chi connectivity index (χ2v) is 5.09. The van der Waals surface area contributed by atoms with E-state index in [0.717, 1.165) is 19.6 Å². The predicted octanol–water partition coefficient (Wildman–Crippen LogP) is 2.10. The van der Waals surface area contributed by atoms with Crippen molar-refractivity contribution in [2.45, 2.75) is 11.2 Å². The average Bonchev–Trinajstić information content (AvgIpc) is 2.65. The van der Waals surface area contributed by atoms with Gasteiger partial charge in [-0.15, -0.1) is 0 Å². The second-order valence-electron chi connectivity index (χ2n) is 3.00. The Bertz CT molecular complexity index is 239. The molecule has 2 nitrogen and oxygen atoms in total. The first kappa shape index (κ1) is 8.66. The average molecular weight is 248 g/mol. The van der Waals surface area contributed by atoms with Gasteiger partial charge in [0.1, 0.15) is 0 Å². The van der Waals surface area contributed by atoms with Crippen LogP contribution in [0.15, 0.2) is 12.3 Å². The quantitative estimate of drug-likeness (QED) is 0.748. The van der Waals surface area contributed by atoms with Crippen LogP contribution in [0.3, 0.4) is 0 Å². The highest BCUT2D eigenvalue weighted by Crippen LogP contribution is 2.25. The molecule has 1 saturated heterocycles. The van der Waals surface area contributed by atoms with Gasteiger partial charge in [-0.3, -0.25) is 0 Å². The zero-order chi connectivity index (χ0) is 8.39. The lowest BCUT2D eigenvalue weighted by molar-refractivity contribution is 0.186. The summed E-state index contributed by atoms with van der Waals surface area (Å²) in [6, 6.07) is 2.09. The first-order valence-corrected chi connectivity index (χ1v) is 5.66. The van der Waals surface area contributed by atoms with E-state index in [0.29, 0.717) is 10.7 Å². The highest BCUT2D eigenvalue weighted by Gasteiger charge is 2.26. The van der Waals surface area contributed by atoms with Gasteiger partial charge in [0.05, 0.1) is 13.2 Å². The summed E-state index contributed by atoms with van der Waals surface area (Å²) in [4.78, 5) is 1.88. The lowest BCUT2D eigenvalue weighted by Crippen LogP contribution is -2.13. The van der Waals surface area contributed by atoms with Gasteiger partial charge in [-0.25, -0.2) is 4.37 Å². The molecule has 0 aromatic carbocycles. The molecule has 1 aromatic heterocycles. The minimum atomic E-state index is 0.527. The zero-order valence-electron chi connectivity index (χ0n) is 6.57. The molecule has 1 aliphatic rings. The van der Waals surface area contributed by atoms with Crippen LogP contribution in [0.1, 0.15) is 4.88 Å². The topological polar surface area (TPSA) is 22.1 Å². The third-order valence-electron chi connectivity index (χ3n) is 2.08. The van der Waals surface area contributed by atoms with Gasteiger partial charge in [0.15, 0.2) is 0 Å². The van der Waals surface area contributed by atoms with Crippen molar-refractivity contribution < 1.29 is 4.74 Å². The van der Waals surface area contributed by atoms with Crippen molar-refractivity contribution in [3.8, 4) is 0 Å². The molecule has 1 aliphatic heterocycles. The highest BCUT2D eigenvalue weighted by atomic mass is 79.9. The lowest BCUT2D eigenvalue weighted by atomic mass is 10.0. The van der Waals surface area contributed by atoms with Crippen LogP contribution in [0.2, 0.25) is 0 Å². The summed E-state index contributed by atoms with van der Waals surface area (Å²) in [5.74, 6) is 0.630. The molecule has 0 saturated carbocycles. The Hall–Kier alpha value is 0.0700. The maximum atomic E-state index is 5.36. The fourth-order valence-electron chi connectivity index (χ4n) is 1.37. The van der Waals surface area contributed by atoms with E-state index in [-0.39, 0.29) is 0 Å². The molecule has 0 amide bonds. The highest BCUT2D eigenvalue weighted by molar-refractivity contribution is 9.09. The molecular weight excluding hydrogens is 238 g/mol. The van der Waals surface area contributed by atoms with Gasteiger partial charge < -0.3 is 4.74 Å². The van der Waals surface area contributed by atoms with Crippen LogP contribution in [0.25, 0.3) is 0 Å². The monoisotopic (exact) mass is 247 g/mol. The fourth-order valence-corrected chi connectivity index (χ4v) is 2.56. The van der Waals surface area contributed by atoms with E-state index in [1.165, 1.54) is 4.88 Å². The van der Waals surface area contributed by atoms with E-state index in [1.54, 1.807) is 11.5 Å². The minimum Gasteiger partial charge on any atom is -0.380 e. The SMILES string of the molecule is BrC1COCC1Cc1ccns1. The Kier molecular flexibility index (Phi) is 2.78. The van der Waals surface area contributed by atoms with Crippen LogP contribution in [0.5, 0.6) is 0 Å². The van der Waals surface area contributed by atoms with Gasteiger partial charge in [0, 0.05) is 21.8 Å². The standard InChI is InChI=1S/C8H10BrNOS/c9-8-5-11-4-6(8)3-7-1-2-10-12-7/h1-2,6,8H,3-5H2. The summed E-state index contributed by atoms with van der Waals surface area (Å²) in [5.41, 5.74) is 0. The maximum Gasteiger partial charge on any atom is 0.0595 e. The number of aromatic nitrogens is 1. The molecule has 2 atom stereocenters. The molecule has 0 radical (unpaired) electrons. The van der Waals surface area contributed by atoms with Gasteiger partial charge in [-0.1, -0.05) is 15.9 Å². The predicted molar refractivity (Wildman–Crippen MR) is 52.8 cm³/mol. The second kappa shape index (κ2) is 3.85. The van der Waals surface area contributed by atoms with E-state index < -0.39 is 0 Å². The Morgan fingerprint density at radius 2 is 2.58 bits per heavy atom. The Labute approximate surface area is 84.2 Å². The number of hydrogen-bond acceptors (Lipinski definition) is 3. The fraction of sp³-hybridized carbons (Fsp3) is 0.625. The van der Waals surface area contributed by atoms with Crippen molar-refractivity contribution in [3.63, 3.8) is 0 Å². The van der Waals surface area contributed by atoms with Gasteiger partial charge in [0.2, 0.25) is 0 Å². The molecule has 0 N–H and O–H groups in total. The zero-order valence-corrected chi connectivity index (χ0v) is 8.97. The molecule has 1 aromatic rings. The lowest BCUT2D eigenvalue weighted by Gasteiger charge is -2.08. The van der Waals surface area contributed by atoms with Crippen molar-refractivity contribution >= 4 is 27.5 Å². The number of alkyl halides is 1. The molecule has 12 heavy (non-hydrogen) atoms. The van der Waals surface area contributed by atoms with Crippen molar-refractivity contribution in [3.05, 3.63) is 17.1 Å². The Morgan fingerprint density at radius 1 is 1.67 bits per heavy atom. The van der Waals surface area contributed by atoms with Gasteiger partial charge in [-0.05, 0) is 24.0 Å².